The Hall–Kier alpha value is -2.91. The van der Waals surface area contributed by atoms with E-state index >= 15 is 0 Å². The molecule has 0 bridgehead atoms. The highest BCUT2D eigenvalue weighted by molar-refractivity contribution is 7.89. The van der Waals surface area contributed by atoms with E-state index in [0.717, 1.165) is 16.7 Å². The maximum atomic E-state index is 13.6. The molecule has 1 aromatic carbocycles. The van der Waals surface area contributed by atoms with Crippen molar-refractivity contribution in [3.8, 4) is 11.1 Å². The lowest BCUT2D eigenvalue weighted by Crippen LogP contribution is -2.43. The van der Waals surface area contributed by atoms with Crippen molar-refractivity contribution >= 4 is 15.9 Å². The average Bonchev–Trinajstić information content (AvgIpc) is 2.86. The van der Waals surface area contributed by atoms with Crippen LogP contribution in [0.3, 0.4) is 0 Å². The molecule has 1 saturated carbocycles. The molecule has 1 aromatic heterocycles. The van der Waals surface area contributed by atoms with Gasteiger partial charge in [0.1, 0.15) is 5.83 Å². The van der Waals surface area contributed by atoms with Crippen molar-refractivity contribution in [2.45, 2.75) is 62.9 Å². The number of sulfonamides is 1. The number of hydrogen-bond acceptors (Lipinski definition) is 5. The fraction of sp³-hybridized carbons (Fsp3) is 0.423. The molecule has 2 N–H and O–H groups in total. The van der Waals surface area contributed by atoms with Gasteiger partial charge in [0, 0.05) is 29.5 Å². The van der Waals surface area contributed by atoms with E-state index in [1.807, 2.05) is 19.9 Å². The van der Waals surface area contributed by atoms with Crippen LogP contribution in [0.5, 0.6) is 0 Å². The van der Waals surface area contributed by atoms with Crippen LogP contribution >= 0.6 is 0 Å². The monoisotopic (exact) mass is 498 g/mol. The van der Waals surface area contributed by atoms with Gasteiger partial charge in [-0.25, -0.2) is 17.5 Å². The Morgan fingerprint density at radius 3 is 2.37 bits per heavy atom. The first-order valence-electron chi connectivity index (χ1n) is 12.0. The SMILES string of the molecule is CC1CC(C(C)NC(=O)C2CCC(NS(=O)(=O)c3ccc(-c4ccnnc4)cc3)CC2)=CC=C1F. The third-order valence-corrected chi connectivity index (χ3v) is 8.42. The van der Waals surface area contributed by atoms with Crippen LogP contribution in [0.25, 0.3) is 11.1 Å². The van der Waals surface area contributed by atoms with Crippen LogP contribution < -0.4 is 10.0 Å². The Bertz CT molecular complexity index is 1200. The van der Waals surface area contributed by atoms with E-state index in [2.05, 4.69) is 20.2 Å². The van der Waals surface area contributed by atoms with Crippen molar-refractivity contribution in [3.63, 3.8) is 0 Å². The molecule has 186 valence electrons. The normalized spacial score (nSPS) is 23.7. The Morgan fingerprint density at radius 2 is 1.74 bits per heavy atom. The van der Waals surface area contributed by atoms with Gasteiger partial charge in [0.2, 0.25) is 15.9 Å². The molecule has 1 heterocycles. The molecular formula is C26H31FN4O3S. The number of allylic oxidation sites excluding steroid dienone is 3. The molecule has 0 aliphatic heterocycles. The summed E-state index contributed by atoms with van der Waals surface area (Å²) in [5.41, 5.74) is 2.74. The molecule has 2 aromatic rings. The second-order valence-electron chi connectivity index (χ2n) is 9.45. The van der Waals surface area contributed by atoms with Crippen LogP contribution in [0.2, 0.25) is 0 Å². The smallest absolute Gasteiger partial charge is 0.240 e. The molecule has 1 amide bonds. The Morgan fingerprint density at radius 1 is 1.03 bits per heavy atom. The van der Waals surface area contributed by atoms with Crippen molar-refractivity contribution in [1.82, 2.24) is 20.2 Å². The topological polar surface area (TPSA) is 101 Å². The highest BCUT2D eigenvalue weighted by Gasteiger charge is 2.30. The fourth-order valence-corrected chi connectivity index (χ4v) is 5.97. The molecule has 2 aliphatic carbocycles. The number of aromatic nitrogens is 2. The van der Waals surface area contributed by atoms with Crippen LogP contribution in [0, 0.1) is 11.8 Å². The van der Waals surface area contributed by atoms with E-state index in [-0.39, 0.29) is 40.5 Å². The van der Waals surface area contributed by atoms with Crippen LogP contribution in [0.1, 0.15) is 46.0 Å². The van der Waals surface area contributed by atoms with Gasteiger partial charge in [-0.05, 0) is 74.4 Å². The van der Waals surface area contributed by atoms with E-state index in [4.69, 9.17) is 0 Å². The van der Waals surface area contributed by atoms with E-state index in [0.29, 0.717) is 32.1 Å². The molecule has 0 saturated heterocycles. The number of halogens is 1. The van der Waals surface area contributed by atoms with Gasteiger partial charge in [0.05, 0.1) is 17.3 Å². The highest BCUT2D eigenvalue weighted by atomic mass is 32.2. The second kappa shape index (κ2) is 10.8. The maximum absolute atomic E-state index is 13.6. The molecule has 2 aliphatic rings. The minimum absolute atomic E-state index is 0.0245. The highest BCUT2D eigenvalue weighted by Crippen LogP contribution is 2.29. The van der Waals surface area contributed by atoms with E-state index in [9.17, 15) is 17.6 Å². The van der Waals surface area contributed by atoms with Gasteiger partial charge in [-0.1, -0.05) is 25.1 Å². The van der Waals surface area contributed by atoms with Crippen molar-refractivity contribution < 1.29 is 17.6 Å². The molecule has 35 heavy (non-hydrogen) atoms. The van der Waals surface area contributed by atoms with Gasteiger partial charge in [-0.3, -0.25) is 4.79 Å². The lowest BCUT2D eigenvalue weighted by Gasteiger charge is -2.30. The first-order valence-corrected chi connectivity index (χ1v) is 13.5. The molecule has 4 rings (SSSR count). The van der Waals surface area contributed by atoms with Gasteiger partial charge in [-0.2, -0.15) is 10.2 Å². The summed E-state index contributed by atoms with van der Waals surface area (Å²) < 4.78 is 42.2. The zero-order valence-corrected chi connectivity index (χ0v) is 20.8. The van der Waals surface area contributed by atoms with Crippen LogP contribution in [0.15, 0.2) is 71.2 Å². The number of hydrogen-bond donors (Lipinski definition) is 2. The fourth-order valence-electron chi connectivity index (χ4n) is 4.66. The molecule has 0 spiro atoms. The summed E-state index contributed by atoms with van der Waals surface area (Å²) in [7, 11) is -3.66. The first-order chi connectivity index (χ1) is 16.7. The minimum Gasteiger partial charge on any atom is -0.350 e. The molecular weight excluding hydrogens is 467 g/mol. The number of rotatable bonds is 7. The van der Waals surface area contributed by atoms with E-state index in [1.54, 1.807) is 42.7 Å². The van der Waals surface area contributed by atoms with Gasteiger partial charge < -0.3 is 5.32 Å². The van der Waals surface area contributed by atoms with E-state index < -0.39 is 10.0 Å². The molecule has 1 fully saturated rings. The van der Waals surface area contributed by atoms with Crippen LogP contribution in [-0.2, 0) is 14.8 Å². The zero-order chi connectivity index (χ0) is 25.0. The average molecular weight is 499 g/mol. The third kappa shape index (κ3) is 6.21. The summed E-state index contributed by atoms with van der Waals surface area (Å²) in [5, 5.41) is 10.7. The van der Waals surface area contributed by atoms with Crippen molar-refractivity contribution in [2.24, 2.45) is 11.8 Å². The quantitative estimate of drug-likeness (QED) is 0.593. The summed E-state index contributed by atoms with van der Waals surface area (Å²) >= 11 is 0. The number of benzene rings is 1. The Kier molecular flexibility index (Phi) is 7.76. The van der Waals surface area contributed by atoms with Crippen LogP contribution in [-0.4, -0.2) is 36.6 Å². The van der Waals surface area contributed by atoms with Gasteiger partial charge >= 0.3 is 0 Å². The summed E-state index contributed by atoms with van der Waals surface area (Å²) in [6, 6.07) is 8.12. The summed E-state index contributed by atoms with van der Waals surface area (Å²) in [5.74, 6) is -0.472. The summed E-state index contributed by atoms with van der Waals surface area (Å²) in [6.45, 7) is 3.76. The number of nitrogens with one attached hydrogen (secondary N) is 2. The van der Waals surface area contributed by atoms with Crippen molar-refractivity contribution in [2.75, 3.05) is 0 Å². The third-order valence-electron chi connectivity index (χ3n) is 6.89. The van der Waals surface area contributed by atoms with Gasteiger partial charge in [0.25, 0.3) is 0 Å². The number of amides is 1. The molecule has 2 unspecified atom stereocenters. The number of nitrogens with zero attached hydrogens (tertiary/aromatic N) is 2. The Balaban J connectivity index is 1.29. The molecule has 9 heteroatoms. The van der Waals surface area contributed by atoms with Gasteiger partial charge in [-0.15, -0.1) is 0 Å². The molecule has 7 nitrogen and oxygen atoms in total. The lowest BCUT2D eigenvalue weighted by atomic mass is 9.85. The maximum Gasteiger partial charge on any atom is 0.240 e. The van der Waals surface area contributed by atoms with Gasteiger partial charge in [0.15, 0.2) is 0 Å². The second-order valence-corrected chi connectivity index (χ2v) is 11.2. The standard InChI is InChI=1S/C26H31FN4O3S/c1-17-15-21(7-12-25(17)27)18(2)30-26(32)20-3-8-23(9-4-20)31-35(33,34)24-10-5-19(6-11-24)22-13-14-28-29-16-22/h5-7,10-14,16-18,20,23,31H,3-4,8-9,15H2,1-2H3,(H,30,32). The largest absolute Gasteiger partial charge is 0.350 e. The van der Waals surface area contributed by atoms with Crippen molar-refractivity contribution in [1.29, 1.82) is 0 Å². The molecule has 2 atom stereocenters. The van der Waals surface area contributed by atoms with Crippen LogP contribution in [0.4, 0.5) is 4.39 Å². The Labute approximate surface area is 206 Å². The first kappa shape index (κ1) is 25.2. The summed E-state index contributed by atoms with van der Waals surface area (Å²) in [6.07, 6.45) is 9.47. The van der Waals surface area contributed by atoms with Crippen molar-refractivity contribution in [3.05, 3.63) is 66.3 Å². The zero-order valence-electron chi connectivity index (χ0n) is 19.9. The molecule has 0 radical (unpaired) electrons. The number of carbonyl (C=O) groups is 1. The minimum atomic E-state index is -3.66. The lowest BCUT2D eigenvalue weighted by molar-refractivity contribution is -0.126. The predicted molar refractivity (Wildman–Crippen MR) is 132 cm³/mol. The summed E-state index contributed by atoms with van der Waals surface area (Å²) in [4.78, 5) is 13.0. The van der Waals surface area contributed by atoms with E-state index in [1.165, 1.54) is 6.08 Å². The number of carbonyl (C=O) groups excluding carboxylic acids is 1. The predicted octanol–water partition coefficient (Wildman–Crippen LogP) is 4.31.